The van der Waals surface area contributed by atoms with E-state index in [1.807, 2.05) is 13.8 Å². The van der Waals surface area contributed by atoms with E-state index in [-0.39, 0.29) is 82.0 Å². The van der Waals surface area contributed by atoms with Crippen LogP contribution in [0.5, 0.6) is 5.75 Å². The first-order valence-corrected chi connectivity index (χ1v) is 29.9. The quantitative estimate of drug-likeness (QED) is 0.0729. The highest BCUT2D eigenvalue weighted by molar-refractivity contribution is 6.01. The van der Waals surface area contributed by atoms with Crippen LogP contribution >= 0.6 is 0 Å². The van der Waals surface area contributed by atoms with E-state index in [0.717, 1.165) is 0 Å². The number of rotatable bonds is 18. The zero-order valence-electron chi connectivity index (χ0n) is 50.8. The first kappa shape index (κ1) is 69.8. The van der Waals surface area contributed by atoms with Crippen LogP contribution in [0.1, 0.15) is 110 Å². The lowest BCUT2D eigenvalue weighted by molar-refractivity contribution is -0.142. The maximum Gasteiger partial charge on any atom is 0.246 e. The number of carbonyl (C=O) groups is 12. The predicted molar refractivity (Wildman–Crippen MR) is 324 cm³/mol. The number of nitrogens with two attached hydrogens (primary N) is 3. The van der Waals surface area contributed by atoms with Gasteiger partial charge < -0.3 is 75.1 Å². The molecule has 478 valence electrons. The Morgan fingerprint density at radius 2 is 0.852 bits per heavy atom. The Bertz CT molecular complexity index is 2930. The number of aromatic hydroxyl groups is 1. The summed E-state index contributed by atoms with van der Waals surface area (Å²) in [5, 5.41) is 34.0. The van der Waals surface area contributed by atoms with Crippen LogP contribution in [-0.4, -0.2) is 154 Å². The third-order valence-corrected chi connectivity index (χ3v) is 15.0. The lowest BCUT2D eigenvalue weighted by Gasteiger charge is -2.32. The summed E-state index contributed by atoms with van der Waals surface area (Å²) in [4.78, 5) is 172. The number of nitrogens with one attached hydrogen (secondary N) is 9. The van der Waals surface area contributed by atoms with Crippen LogP contribution in [0.25, 0.3) is 0 Å². The van der Waals surface area contributed by atoms with Crippen molar-refractivity contribution >= 4 is 70.9 Å². The normalized spacial score (nSPS) is 24.6. The zero-order chi connectivity index (χ0) is 64.8. The maximum absolute atomic E-state index is 15.1. The Balaban J connectivity index is 1.65. The molecule has 12 amide bonds. The van der Waals surface area contributed by atoms with Crippen molar-refractivity contribution in [2.45, 2.75) is 173 Å². The Labute approximate surface area is 512 Å². The van der Waals surface area contributed by atoms with Gasteiger partial charge in [-0.05, 0) is 91.6 Å². The summed E-state index contributed by atoms with van der Waals surface area (Å²) < 4.78 is 0. The molecule has 16 N–H and O–H groups in total. The van der Waals surface area contributed by atoms with Gasteiger partial charge in [0.1, 0.15) is 66.2 Å². The number of carbonyl (C=O) groups excluding carboxylic acids is 12. The highest BCUT2D eigenvalue weighted by atomic mass is 16.3. The van der Waals surface area contributed by atoms with Crippen LogP contribution in [0.4, 0.5) is 0 Å². The average molecular weight is 1220 g/mol. The number of nitrogens with zero attached hydrogens (tertiary/aromatic N) is 1. The van der Waals surface area contributed by atoms with Gasteiger partial charge in [0.25, 0.3) is 0 Å². The minimum Gasteiger partial charge on any atom is -0.508 e. The molecule has 10 atom stereocenters. The van der Waals surface area contributed by atoms with Crippen LogP contribution in [0.15, 0.2) is 84.9 Å². The predicted octanol–water partition coefficient (Wildman–Crippen LogP) is -0.974. The number of hydrogen-bond acceptors (Lipinski definition) is 14. The molecule has 3 aromatic rings. The number of phenolic OH excluding ortho intramolecular Hbond substituents is 1. The fourth-order valence-electron chi connectivity index (χ4n) is 10.5. The Hall–Kier alpha value is -8.94. The fraction of sp³-hybridized carbons (Fsp3) is 0.516. The first-order valence-electron chi connectivity index (χ1n) is 29.9. The van der Waals surface area contributed by atoms with E-state index in [4.69, 9.17) is 17.2 Å². The molecule has 3 aromatic carbocycles. The fourth-order valence-corrected chi connectivity index (χ4v) is 10.5. The Morgan fingerprint density at radius 3 is 1.31 bits per heavy atom. The molecule has 2 fully saturated rings. The van der Waals surface area contributed by atoms with E-state index >= 15 is 4.79 Å². The van der Waals surface area contributed by atoms with E-state index in [1.165, 1.54) is 29.2 Å². The molecule has 0 saturated carbocycles. The molecular weight excluding hydrogens is 1130 g/mol. The second kappa shape index (κ2) is 33.8. The van der Waals surface area contributed by atoms with Crippen molar-refractivity contribution in [3.05, 3.63) is 102 Å². The third kappa shape index (κ3) is 21.8. The lowest BCUT2D eigenvalue weighted by Crippen LogP contribution is -2.62. The van der Waals surface area contributed by atoms with Gasteiger partial charge in [0.2, 0.25) is 70.9 Å². The van der Waals surface area contributed by atoms with Crippen LogP contribution in [0.2, 0.25) is 0 Å². The largest absolute Gasteiger partial charge is 0.508 e. The average Bonchev–Trinajstić information content (AvgIpc) is 2.21. The Kier molecular flexibility index (Phi) is 26.8. The molecule has 2 saturated heterocycles. The second-order valence-electron chi connectivity index (χ2n) is 23.7. The molecule has 0 bridgehead atoms. The van der Waals surface area contributed by atoms with Crippen molar-refractivity contribution in [2.75, 3.05) is 13.1 Å². The van der Waals surface area contributed by atoms with Gasteiger partial charge in [-0.1, -0.05) is 114 Å². The standard InChI is InChI=1S/C62H87N13O13/c1-34(2)27-42-54(80)73-48(31-38-17-11-8-12-18-38)62(88)75-26-14-20-49(75)60(86)72-45(30-39-21-23-40(76)24-22-39)56(82)69-44(29-37-15-9-7-10-16-37)55(81)70-47(33-51(65)78)58(84)71-46(32-50(64)77)57(83)68-43(28-35(3)4)59(85)74-52(36(5)6)61(87)66-41(19-13-25-63)53(79)67-42/h7-12,15-18,21-24,34-36,41-49,52,76H,13-14,19-20,25-33,63H2,1-6H3,(H2,64,77)(H2,65,78)(H,66,87)(H,67,79)(H,68,83)(H,69,82)(H,70,81)(H,71,84)(H,72,86)(H,73,80)(H,74,85)/t41-,42-,43-,44+,45-,46-,47-,48+,49-,52-/m0/s1. The first-order chi connectivity index (χ1) is 41.7. The molecule has 2 aliphatic rings. The summed E-state index contributed by atoms with van der Waals surface area (Å²) in [6.45, 7) is 10.5. The van der Waals surface area contributed by atoms with Crippen molar-refractivity contribution in [2.24, 2.45) is 35.0 Å². The third-order valence-electron chi connectivity index (χ3n) is 15.0. The summed E-state index contributed by atoms with van der Waals surface area (Å²) in [5.41, 5.74) is 18.7. The Morgan fingerprint density at radius 1 is 0.477 bits per heavy atom. The molecule has 26 heteroatoms. The van der Waals surface area contributed by atoms with E-state index in [0.29, 0.717) is 23.1 Å². The number of benzene rings is 3. The van der Waals surface area contributed by atoms with Gasteiger partial charge in [-0.3, -0.25) is 57.5 Å². The molecule has 0 aliphatic carbocycles. The maximum atomic E-state index is 15.1. The minimum atomic E-state index is -1.87. The minimum absolute atomic E-state index is 0.00884. The van der Waals surface area contributed by atoms with Gasteiger partial charge in [0.15, 0.2) is 0 Å². The van der Waals surface area contributed by atoms with Gasteiger partial charge in [0.05, 0.1) is 12.8 Å². The number of phenols is 1. The summed E-state index contributed by atoms with van der Waals surface area (Å²) in [5.74, 6) is -12.3. The topological polar surface area (TPSA) is 415 Å². The van der Waals surface area contributed by atoms with Gasteiger partial charge in [-0.2, -0.15) is 0 Å². The summed E-state index contributed by atoms with van der Waals surface area (Å²) in [7, 11) is 0. The number of primary amides is 2. The lowest BCUT2D eigenvalue weighted by atomic mass is 9.98. The van der Waals surface area contributed by atoms with Crippen LogP contribution < -0.4 is 65.1 Å². The molecule has 0 radical (unpaired) electrons. The van der Waals surface area contributed by atoms with Crippen LogP contribution in [-0.2, 0) is 76.8 Å². The van der Waals surface area contributed by atoms with Gasteiger partial charge in [-0.25, -0.2) is 0 Å². The molecule has 2 heterocycles. The molecule has 0 spiro atoms. The molecule has 2 aliphatic heterocycles. The van der Waals surface area contributed by atoms with Crippen molar-refractivity contribution in [1.29, 1.82) is 0 Å². The van der Waals surface area contributed by atoms with E-state index < -0.39 is 150 Å². The highest BCUT2D eigenvalue weighted by Crippen LogP contribution is 2.22. The highest BCUT2D eigenvalue weighted by Gasteiger charge is 2.42. The van der Waals surface area contributed by atoms with Crippen LogP contribution in [0, 0.1) is 17.8 Å². The van der Waals surface area contributed by atoms with Gasteiger partial charge in [-0.15, -0.1) is 0 Å². The molecule has 5 rings (SSSR count). The van der Waals surface area contributed by atoms with Gasteiger partial charge >= 0.3 is 0 Å². The number of hydrogen-bond donors (Lipinski definition) is 13. The molecule has 0 unspecified atom stereocenters. The number of fused-ring (bicyclic) bond motifs is 1. The summed E-state index contributed by atoms with van der Waals surface area (Å²) in [6.07, 6.45) is -1.52. The van der Waals surface area contributed by atoms with Crippen LogP contribution in [0.3, 0.4) is 0 Å². The summed E-state index contributed by atoms with van der Waals surface area (Å²) in [6, 6.07) is 8.28. The van der Waals surface area contributed by atoms with Crippen molar-refractivity contribution in [1.82, 2.24) is 52.8 Å². The van der Waals surface area contributed by atoms with Crippen molar-refractivity contribution in [3.63, 3.8) is 0 Å². The number of amides is 12. The van der Waals surface area contributed by atoms with Crippen molar-refractivity contribution in [3.8, 4) is 5.75 Å². The molecule has 0 aromatic heterocycles. The van der Waals surface area contributed by atoms with E-state index in [9.17, 15) is 57.8 Å². The van der Waals surface area contributed by atoms with Crippen molar-refractivity contribution < 1.29 is 62.6 Å². The van der Waals surface area contributed by atoms with E-state index in [2.05, 4.69) is 47.9 Å². The van der Waals surface area contributed by atoms with Gasteiger partial charge in [0, 0.05) is 25.8 Å². The molecule has 88 heavy (non-hydrogen) atoms. The molecular formula is C62H87N13O13. The molecule has 26 nitrogen and oxygen atoms in total. The monoisotopic (exact) mass is 1220 g/mol. The van der Waals surface area contributed by atoms with E-state index in [1.54, 1.807) is 88.4 Å². The smallest absolute Gasteiger partial charge is 0.246 e. The summed E-state index contributed by atoms with van der Waals surface area (Å²) >= 11 is 0. The zero-order valence-corrected chi connectivity index (χ0v) is 50.8. The SMILES string of the molecule is CC(C)C[C@@H]1NC(=O)[C@H](CC(N)=O)NC(=O)[C@H](CC(N)=O)NC(=O)[C@@H](Cc2ccccc2)NC(=O)[C@H](Cc2ccc(O)cc2)NC(=O)[C@@H]2CCCN2C(=O)[C@@H](Cc2ccccc2)NC(=O)[C@H](CC(C)C)NC(=O)[C@H](CCCN)NC(=O)[C@H](C(C)C)NC1=O. The second-order valence-corrected chi connectivity index (χ2v) is 23.7.